The summed E-state index contributed by atoms with van der Waals surface area (Å²) in [7, 11) is 0. The first-order valence-corrected chi connectivity index (χ1v) is 13.5. The van der Waals surface area contributed by atoms with Crippen molar-refractivity contribution in [2.75, 3.05) is 13.1 Å². The van der Waals surface area contributed by atoms with Crippen LogP contribution in [0.5, 0.6) is 0 Å². The zero-order valence-corrected chi connectivity index (χ0v) is 23.9. The van der Waals surface area contributed by atoms with Gasteiger partial charge < -0.3 is 10.6 Å². The second-order valence-electron chi connectivity index (χ2n) is 9.99. The lowest BCUT2D eigenvalue weighted by Crippen LogP contribution is -2.33. The second kappa shape index (κ2) is 23.1. The minimum absolute atomic E-state index is 0.157. The van der Waals surface area contributed by atoms with E-state index in [1.807, 2.05) is 20.8 Å². The molecule has 0 aromatic rings. The highest BCUT2D eigenvalue weighted by Crippen LogP contribution is 2.17. The van der Waals surface area contributed by atoms with Crippen molar-refractivity contribution in [1.29, 1.82) is 0 Å². The van der Waals surface area contributed by atoms with Crippen LogP contribution < -0.4 is 10.6 Å². The Bertz CT molecular complexity index is 435. The predicted molar refractivity (Wildman–Crippen MR) is 143 cm³/mol. The number of rotatable bonds is 13. The van der Waals surface area contributed by atoms with E-state index in [0.29, 0.717) is 11.8 Å². The largest absolute Gasteiger partial charge is 0.356 e. The molecule has 194 valence electrons. The summed E-state index contributed by atoms with van der Waals surface area (Å²) >= 11 is 0. The highest BCUT2D eigenvalue weighted by molar-refractivity contribution is 5.79. The number of carbonyl (C=O) groups excluding carboxylic acids is 2. The summed E-state index contributed by atoms with van der Waals surface area (Å²) in [5.74, 6) is 3.51. The molecule has 2 N–H and O–H groups in total. The van der Waals surface area contributed by atoms with Crippen molar-refractivity contribution < 1.29 is 9.59 Å². The quantitative estimate of drug-likeness (QED) is 0.302. The van der Waals surface area contributed by atoms with Gasteiger partial charge in [-0.2, -0.15) is 0 Å². The molecule has 0 aliphatic heterocycles. The molecule has 0 aliphatic rings. The first-order valence-electron chi connectivity index (χ1n) is 13.5. The summed E-state index contributed by atoms with van der Waals surface area (Å²) in [5.41, 5.74) is 0. The van der Waals surface area contributed by atoms with E-state index < -0.39 is 0 Å². The molecular weight excluding hydrogens is 396 g/mol. The molecule has 0 heterocycles. The molecule has 0 radical (unpaired) electrons. The van der Waals surface area contributed by atoms with E-state index >= 15 is 0 Å². The first-order chi connectivity index (χ1) is 14.9. The predicted octanol–water partition coefficient (Wildman–Crippen LogP) is 7.47. The van der Waals surface area contributed by atoms with Crippen LogP contribution in [0.4, 0.5) is 0 Å². The highest BCUT2D eigenvalue weighted by atomic mass is 16.2. The molecule has 32 heavy (non-hydrogen) atoms. The number of carbonyl (C=O) groups is 2. The maximum absolute atomic E-state index is 11.5. The molecule has 0 fully saturated rings. The third-order valence-corrected chi connectivity index (χ3v) is 6.34. The van der Waals surface area contributed by atoms with Gasteiger partial charge in [0.25, 0.3) is 0 Å². The summed E-state index contributed by atoms with van der Waals surface area (Å²) in [6, 6.07) is 0. The zero-order chi connectivity index (χ0) is 25.7. The summed E-state index contributed by atoms with van der Waals surface area (Å²) < 4.78 is 0. The van der Waals surface area contributed by atoms with Crippen molar-refractivity contribution >= 4 is 11.8 Å². The Morgan fingerprint density at radius 2 is 0.969 bits per heavy atom. The van der Waals surface area contributed by atoms with Crippen molar-refractivity contribution in [3.05, 3.63) is 0 Å². The molecule has 0 bridgehead atoms. The van der Waals surface area contributed by atoms with E-state index in [1.165, 1.54) is 12.8 Å². The zero-order valence-electron chi connectivity index (χ0n) is 23.9. The molecule has 0 saturated carbocycles. The summed E-state index contributed by atoms with van der Waals surface area (Å²) in [6.45, 7) is 27.2. The van der Waals surface area contributed by atoms with Gasteiger partial charge in [0.1, 0.15) is 0 Å². The SMILES string of the molecule is CCCC(C(=O)NCC)C(C)C.CCCC(C)C(C)C.CCCC(C)C(C)C(=O)NCC. The molecular formula is C28H60N2O2. The Morgan fingerprint density at radius 3 is 1.28 bits per heavy atom. The van der Waals surface area contributed by atoms with E-state index in [1.54, 1.807) is 0 Å². The first kappa shape index (κ1) is 35.5. The molecule has 2 amide bonds. The molecule has 4 unspecified atom stereocenters. The molecule has 0 rings (SSSR count). The molecule has 0 aromatic carbocycles. The van der Waals surface area contributed by atoms with Crippen LogP contribution in [0.15, 0.2) is 0 Å². The van der Waals surface area contributed by atoms with Gasteiger partial charge in [-0.3, -0.25) is 9.59 Å². The van der Waals surface area contributed by atoms with Crippen LogP contribution in [0, 0.1) is 35.5 Å². The lowest BCUT2D eigenvalue weighted by Gasteiger charge is -2.18. The fourth-order valence-electron chi connectivity index (χ4n) is 3.47. The summed E-state index contributed by atoms with van der Waals surface area (Å²) in [6.07, 6.45) is 7.10. The maximum Gasteiger partial charge on any atom is 0.223 e. The lowest BCUT2D eigenvalue weighted by atomic mass is 9.90. The standard InChI is InChI=1S/2C10H21NO.C8H18/c1-5-7-8(3)9(4)10(12)11-6-2;1-5-7-9(8(3)4)10(12)11-6-2;1-5-6-8(4)7(2)3/h2*8-9H,5-7H2,1-4H3,(H,11,12);7-8H,5-6H2,1-4H3. The van der Waals surface area contributed by atoms with Gasteiger partial charge >= 0.3 is 0 Å². The van der Waals surface area contributed by atoms with E-state index in [0.717, 1.165) is 50.6 Å². The molecule has 4 heteroatoms. The lowest BCUT2D eigenvalue weighted by molar-refractivity contribution is -0.127. The van der Waals surface area contributed by atoms with Gasteiger partial charge in [-0.1, -0.05) is 101 Å². The van der Waals surface area contributed by atoms with Crippen molar-refractivity contribution in [2.45, 2.75) is 122 Å². The van der Waals surface area contributed by atoms with E-state index in [4.69, 9.17) is 0 Å². The highest BCUT2D eigenvalue weighted by Gasteiger charge is 2.20. The van der Waals surface area contributed by atoms with Gasteiger partial charge in [-0.25, -0.2) is 0 Å². The minimum atomic E-state index is 0.157. The Kier molecular flexibility index (Phi) is 25.7. The van der Waals surface area contributed by atoms with Gasteiger partial charge in [-0.15, -0.1) is 0 Å². The monoisotopic (exact) mass is 456 g/mol. The fraction of sp³-hybridized carbons (Fsp3) is 0.929. The Hall–Kier alpha value is -1.06. The average molecular weight is 457 g/mol. The molecule has 0 aromatic heterocycles. The Morgan fingerprint density at radius 1 is 0.562 bits per heavy atom. The molecule has 0 aliphatic carbocycles. The summed E-state index contributed by atoms with van der Waals surface area (Å²) in [4.78, 5) is 22.8. The third-order valence-electron chi connectivity index (χ3n) is 6.34. The molecule has 0 saturated heterocycles. The van der Waals surface area contributed by atoms with E-state index in [-0.39, 0.29) is 23.7 Å². The van der Waals surface area contributed by atoms with Gasteiger partial charge in [-0.05, 0) is 43.9 Å². The van der Waals surface area contributed by atoms with Crippen LogP contribution in [-0.4, -0.2) is 24.9 Å². The topological polar surface area (TPSA) is 58.2 Å². The van der Waals surface area contributed by atoms with Gasteiger partial charge in [0.2, 0.25) is 11.8 Å². The smallest absolute Gasteiger partial charge is 0.223 e. The molecule has 4 nitrogen and oxygen atoms in total. The number of hydrogen-bond donors (Lipinski definition) is 2. The van der Waals surface area contributed by atoms with Crippen molar-refractivity contribution in [2.24, 2.45) is 35.5 Å². The van der Waals surface area contributed by atoms with Crippen LogP contribution in [0.2, 0.25) is 0 Å². The Balaban J connectivity index is -0.000000404. The van der Waals surface area contributed by atoms with Crippen LogP contribution in [0.25, 0.3) is 0 Å². The van der Waals surface area contributed by atoms with Gasteiger partial charge in [0.05, 0.1) is 0 Å². The Labute approximate surface area is 202 Å². The normalized spacial score (nSPS) is 14.3. The van der Waals surface area contributed by atoms with E-state index in [9.17, 15) is 9.59 Å². The van der Waals surface area contributed by atoms with Crippen molar-refractivity contribution in [1.82, 2.24) is 10.6 Å². The minimum Gasteiger partial charge on any atom is -0.356 e. The van der Waals surface area contributed by atoms with Crippen molar-refractivity contribution in [3.8, 4) is 0 Å². The van der Waals surface area contributed by atoms with E-state index in [2.05, 4.69) is 72.9 Å². The molecule has 4 atom stereocenters. The van der Waals surface area contributed by atoms with Crippen LogP contribution in [0.3, 0.4) is 0 Å². The number of hydrogen-bond acceptors (Lipinski definition) is 2. The third kappa shape index (κ3) is 19.6. The number of nitrogens with one attached hydrogen (secondary N) is 2. The van der Waals surface area contributed by atoms with Crippen molar-refractivity contribution in [3.63, 3.8) is 0 Å². The maximum atomic E-state index is 11.5. The van der Waals surface area contributed by atoms with Crippen LogP contribution in [0.1, 0.15) is 122 Å². The van der Waals surface area contributed by atoms with Crippen LogP contribution in [-0.2, 0) is 9.59 Å². The van der Waals surface area contributed by atoms with Gasteiger partial charge in [0, 0.05) is 24.9 Å². The average Bonchev–Trinajstić information content (AvgIpc) is 2.72. The summed E-state index contributed by atoms with van der Waals surface area (Å²) in [5, 5.41) is 5.72. The second-order valence-corrected chi connectivity index (χ2v) is 9.99. The van der Waals surface area contributed by atoms with Crippen LogP contribution >= 0.6 is 0 Å². The number of amides is 2. The van der Waals surface area contributed by atoms with Gasteiger partial charge in [0.15, 0.2) is 0 Å². The molecule has 0 spiro atoms. The fourth-order valence-corrected chi connectivity index (χ4v) is 3.47.